The lowest BCUT2D eigenvalue weighted by Crippen LogP contribution is -2.67. The number of esters is 2. The number of fused-ring (bicyclic) bond motifs is 9. The number of rotatable bonds is 3. The molecule has 1 heterocycles. The van der Waals surface area contributed by atoms with Crippen molar-refractivity contribution < 1.29 is 28.5 Å². The normalized spacial score (nSPS) is 51.0. The summed E-state index contributed by atoms with van der Waals surface area (Å²) in [5.41, 5.74) is 1.73. The molecule has 1 aliphatic heterocycles. The first-order valence-electron chi connectivity index (χ1n) is 17.1. The average molecular weight is 599 g/mol. The van der Waals surface area contributed by atoms with E-state index in [1.165, 1.54) is 20.3 Å². The van der Waals surface area contributed by atoms with Crippen molar-refractivity contribution in [2.24, 2.45) is 50.2 Å². The number of ether oxygens (including phenoxy) is 4. The Bertz CT molecular complexity index is 1220. The number of hydrogen-bond donors (Lipinski definition) is 0. The van der Waals surface area contributed by atoms with Crippen molar-refractivity contribution in [1.82, 2.24) is 0 Å². The fraction of sp³-hybridized carbons (Fsp3) is 0.892. The van der Waals surface area contributed by atoms with Crippen LogP contribution in [0, 0.1) is 50.2 Å². The Kier molecular flexibility index (Phi) is 7.02. The maximum atomic E-state index is 12.2. The van der Waals surface area contributed by atoms with Gasteiger partial charge in [0.05, 0.1) is 12.2 Å². The fourth-order valence-corrected chi connectivity index (χ4v) is 12.3. The van der Waals surface area contributed by atoms with E-state index in [-0.39, 0.29) is 57.3 Å². The first-order valence-corrected chi connectivity index (χ1v) is 17.1. The summed E-state index contributed by atoms with van der Waals surface area (Å²) in [5, 5.41) is 0. The van der Waals surface area contributed by atoms with Gasteiger partial charge in [-0.2, -0.15) is 0 Å². The largest absolute Gasteiger partial charge is 0.465 e. The lowest BCUT2D eigenvalue weighted by molar-refractivity contribution is -0.228. The van der Waals surface area contributed by atoms with E-state index in [1.807, 2.05) is 0 Å². The Hall–Kier alpha value is -1.40. The molecular formula is C37H58O6. The number of carbonyl (C=O) groups is 2. The molecule has 6 aliphatic rings. The Morgan fingerprint density at radius 3 is 2.14 bits per heavy atom. The first kappa shape index (κ1) is 31.6. The number of allylic oxidation sites excluding steroid dienone is 2. The standard InChI is InChI=1S/C37H58O6/c1-22(38)40-21-35(9)26-14-17-37(11)27(34(26,8)16-15-28(35)41-23(2)39)13-12-24-25-20-31(3,4)29-30(43-32(5,6)42-29)33(25,7)18-19-36(24,37)10/h12,25-30H,13-21H2,1-11H3/t25-,26?,27-,28+,29+,30-,33-,34+,35+,36-,37-/m1/s1. The van der Waals surface area contributed by atoms with E-state index < -0.39 is 11.2 Å². The molecule has 5 aliphatic carbocycles. The summed E-state index contributed by atoms with van der Waals surface area (Å²) in [7, 11) is 0. The third-order valence-corrected chi connectivity index (χ3v) is 14.7. The van der Waals surface area contributed by atoms with Gasteiger partial charge in [-0.3, -0.25) is 9.59 Å². The van der Waals surface area contributed by atoms with Crippen LogP contribution in [-0.4, -0.2) is 42.6 Å². The molecule has 5 fully saturated rings. The highest BCUT2D eigenvalue weighted by Crippen LogP contribution is 2.76. The molecular weight excluding hydrogens is 540 g/mol. The number of hydrogen-bond acceptors (Lipinski definition) is 6. The lowest BCUT2D eigenvalue weighted by atomic mass is 9.33. The Morgan fingerprint density at radius 1 is 0.814 bits per heavy atom. The molecule has 0 aromatic carbocycles. The molecule has 4 saturated carbocycles. The summed E-state index contributed by atoms with van der Waals surface area (Å²) >= 11 is 0. The molecule has 6 rings (SSSR count). The smallest absolute Gasteiger partial charge is 0.302 e. The summed E-state index contributed by atoms with van der Waals surface area (Å²) in [6.45, 7) is 24.7. The van der Waals surface area contributed by atoms with Gasteiger partial charge in [-0.05, 0) is 105 Å². The quantitative estimate of drug-likeness (QED) is 0.242. The van der Waals surface area contributed by atoms with Gasteiger partial charge < -0.3 is 18.9 Å². The summed E-state index contributed by atoms with van der Waals surface area (Å²) < 4.78 is 25.1. The van der Waals surface area contributed by atoms with Crippen molar-refractivity contribution in [2.75, 3.05) is 6.61 Å². The Balaban J connectivity index is 1.38. The molecule has 6 heteroatoms. The van der Waals surface area contributed by atoms with Gasteiger partial charge in [-0.25, -0.2) is 0 Å². The second kappa shape index (κ2) is 9.56. The molecule has 0 bridgehead atoms. The van der Waals surface area contributed by atoms with Crippen molar-refractivity contribution >= 4 is 11.9 Å². The van der Waals surface area contributed by atoms with Crippen LogP contribution in [0.2, 0.25) is 0 Å². The van der Waals surface area contributed by atoms with E-state index in [0.29, 0.717) is 24.4 Å². The highest BCUT2D eigenvalue weighted by atomic mass is 16.8. The van der Waals surface area contributed by atoms with Gasteiger partial charge in [0.2, 0.25) is 0 Å². The fourth-order valence-electron chi connectivity index (χ4n) is 12.3. The highest BCUT2D eigenvalue weighted by Gasteiger charge is 2.71. The summed E-state index contributed by atoms with van der Waals surface area (Å²) in [6.07, 6.45) is 11.3. The Labute approximate surface area is 260 Å². The molecule has 0 aromatic rings. The molecule has 1 unspecified atom stereocenters. The van der Waals surface area contributed by atoms with E-state index in [2.05, 4.69) is 68.4 Å². The molecule has 242 valence electrons. The lowest BCUT2D eigenvalue weighted by Gasteiger charge is -2.72. The first-order chi connectivity index (χ1) is 19.7. The van der Waals surface area contributed by atoms with Gasteiger partial charge in [0.25, 0.3) is 0 Å². The van der Waals surface area contributed by atoms with E-state index in [4.69, 9.17) is 18.9 Å². The van der Waals surface area contributed by atoms with Gasteiger partial charge in [0, 0.05) is 24.7 Å². The van der Waals surface area contributed by atoms with E-state index in [0.717, 1.165) is 44.9 Å². The zero-order valence-electron chi connectivity index (χ0n) is 28.9. The average Bonchev–Trinajstić information content (AvgIpc) is 3.24. The minimum Gasteiger partial charge on any atom is -0.465 e. The molecule has 43 heavy (non-hydrogen) atoms. The zero-order chi connectivity index (χ0) is 31.6. The Morgan fingerprint density at radius 2 is 1.49 bits per heavy atom. The minimum absolute atomic E-state index is 0.0384. The topological polar surface area (TPSA) is 71.1 Å². The molecule has 0 amide bonds. The van der Waals surface area contributed by atoms with E-state index in [1.54, 1.807) is 5.57 Å². The summed E-state index contributed by atoms with van der Waals surface area (Å²) in [5.74, 6) is 0.252. The van der Waals surface area contributed by atoms with Gasteiger partial charge in [-0.15, -0.1) is 0 Å². The van der Waals surface area contributed by atoms with Crippen LogP contribution in [0.3, 0.4) is 0 Å². The maximum Gasteiger partial charge on any atom is 0.302 e. The van der Waals surface area contributed by atoms with Gasteiger partial charge in [0.1, 0.15) is 12.7 Å². The van der Waals surface area contributed by atoms with Crippen LogP contribution < -0.4 is 0 Å². The van der Waals surface area contributed by atoms with Crippen molar-refractivity contribution in [3.63, 3.8) is 0 Å². The molecule has 0 N–H and O–H groups in total. The highest BCUT2D eigenvalue weighted by molar-refractivity contribution is 5.66. The third kappa shape index (κ3) is 4.30. The van der Waals surface area contributed by atoms with Crippen LogP contribution in [0.1, 0.15) is 128 Å². The van der Waals surface area contributed by atoms with Gasteiger partial charge >= 0.3 is 11.9 Å². The van der Waals surface area contributed by atoms with Crippen molar-refractivity contribution in [1.29, 1.82) is 0 Å². The minimum atomic E-state index is -0.542. The molecule has 6 nitrogen and oxygen atoms in total. The summed E-state index contributed by atoms with van der Waals surface area (Å²) in [4.78, 5) is 24.2. The second-order valence-corrected chi connectivity index (χ2v) is 17.9. The molecule has 0 spiro atoms. The molecule has 0 radical (unpaired) electrons. The van der Waals surface area contributed by atoms with Crippen LogP contribution in [0.25, 0.3) is 0 Å². The SMILES string of the molecule is CC(=O)OC[C@@]1(C)C2CC[C@]3(C)[C@H](CC=C4[C@H]5CC(C)(C)[C@H]6OC(C)(C)O[C@H]6[C@]5(C)CC[C@]43C)[C@@]2(C)CC[C@@H]1OC(C)=O. The monoisotopic (exact) mass is 598 g/mol. The third-order valence-electron chi connectivity index (χ3n) is 14.7. The second-order valence-electron chi connectivity index (χ2n) is 17.9. The van der Waals surface area contributed by atoms with Crippen molar-refractivity contribution in [3.8, 4) is 0 Å². The predicted molar refractivity (Wildman–Crippen MR) is 166 cm³/mol. The zero-order valence-corrected chi connectivity index (χ0v) is 28.9. The summed E-state index contributed by atoms with van der Waals surface area (Å²) in [6, 6.07) is 0. The van der Waals surface area contributed by atoms with Crippen LogP contribution >= 0.6 is 0 Å². The van der Waals surface area contributed by atoms with Crippen LogP contribution in [0.4, 0.5) is 0 Å². The van der Waals surface area contributed by atoms with Crippen LogP contribution in [0.15, 0.2) is 11.6 Å². The van der Waals surface area contributed by atoms with Crippen LogP contribution in [-0.2, 0) is 28.5 Å². The predicted octanol–water partition coefficient (Wildman–Crippen LogP) is 8.02. The molecule has 1 saturated heterocycles. The van der Waals surface area contributed by atoms with Crippen molar-refractivity contribution in [2.45, 2.75) is 152 Å². The van der Waals surface area contributed by atoms with Crippen molar-refractivity contribution in [3.05, 3.63) is 11.6 Å². The van der Waals surface area contributed by atoms with E-state index >= 15 is 0 Å². The maximum absolute atomic E-state index is 12.2. The van der Waals surface area contributed by atoms with E-state index in [9.17, 15) is 9.59 Å². The van der Waals surface area contributed by atoms with Gasteiger partial charge in [-0.1, -0.05) is 60.1 Å². The number of carbonyl (C=O) groups excluding carboxylic acids is 2. The molecule has 0 aromatic heterocycles. The van der Waals surface area contributed by atoms with Crippen LogP contribution in [0.5, 0.6) is 0 Å². The van der Waals surface area contributed by atoms with Gasteiger partial charge in [0.15, 0.2) is 5.79 Å². The molecule has 11 atom stereocenters.